The highest BCUT2D eigenvalue weighted by Crippen LogP contribution is 2.36. The average molecular weight is 339 g/mol. The van der Waals surface area contributed by atoms with Crippen LogP contribution in [0, 0.1) is 17.9 Å². The number of nitrogens with zero attached hydrogens (tertiary/aromatic N) is 3. The van der Waals surface area contributed by atoms with E-state index in [-0.39, 0.29) is 5.70 Å². The SMILES string of the molecule is [C-]#[N+]C(C#N)=C1C=C(C=Cc2ccc(N(C)C)cc2)Oc2ccccc21. The molecule has 0 aromatic heterocycles. The number of nitriles is 1. The van der Waals surface area contributed by atoms with Gasteiger partial charge in [-0.1, -0.05) is 36.4 Å². The second-order valence-electron chi connectivity index (χ2n) is 5.95. The maximum Gasteiger partial charge on any atom is 0.269 e. The highest BCUT2D eigenvalue weighted by Gasteiger charge is 2.18. The van der Waals surface area contributed by atoms with Crippen LogP contribution in [-0.2, 0) is 0 Å². The first-order valence-electron chi connectivity index (χ1n) is 8.08. The molecule has 0 atom stereocenters. The topological polar surface area (TPSA) is 40.6 Å². The molecule has 0 N–H and O–H groups in total. The van der Waals surface area contributed by atoms with Crippen LogP contribution in [0.3, 0.4) is 0 Å². The summed E-state index contributed by atoms with van der Waals surface area (Å²) in [6.07, 6.45) is 5.53. The van der Waals surface area contributed by atoms with E-state index in [9.17, 15) is 5.26 Å². The van der Waals surface area contributed by atoms with Crippen molar-refractivity contribution < 1.29 is 4.74 Å². The number of hydrogen-bond acceptors (Lipinski definition) is 3. The summed E-state index contributed by atoms with van der Waals surface area (Å²) in [6.45, 7) is 7.25. The third-order valence-electron chi connectivity index (χ3n) is 4.01. The van der Waals surface area contributed by atoms with Gasteiger partial charge in [0, 0.05) is 30.9 Å². The third kappa shape index (κ3) is 3.50. The number of hydrogen-bond donors (Lipinski definition) is 0. The maximum atomic E-state index is 9.26. The quantitative estimate of drug-likeness (QED) is 0.590. The molecule has 0 amide bonds. The lowest BCUT2D eigenvalue weighted by Gasteiger charge is -2.18. The van der Waals surface area contributed by atoms with Gasteiger partial charge in [0.25, 0.3) is 5.70 Å². The number of anilines is 1. The van der Waals surface area contributed by atoms with Crippen LogP contribution >= 0.6 is 0 Å². The number of para-hydroxylation sites is 1. The molecule has 0 fully saturated rings. The highest BCUT2D eigenvalue weighted by atomic mass is 16.5. The first-order chi connectivity index (χ1) is 12.6. The molecule has 0 saturated heterocycles. The summed E-state index contributed by atoms with van der Waals surface area (Å²) in [4.78, 5) is 5.39. The van der Waals surface area contributed by atoms with Crippen molar-refractivity contribution in [2.75, 3.05) is 19.0 Å². The average Bonchev–Trinajstić information content (AvgIpc) is 2.67. The van der Waals surface area contributed by atoms with Gasteiger partial charge in [-0.15, -0.1) is 0 Å². The molecule has 2 aromatic rings. The van der Waals surface area contributed by atoms with Crippen LogP contribution in [0.1, 0.15) is 11.1 Å². The molecule has 4 heteroatoms. The Labute approximate surface area is 153 Å². The van der Waals surface area contributed by atoms with Crippen molar-refractivity contribution in [2.45, 2.75) is 0 Å². The number of fused-ring (bicyclic) bond motifs is 1. The van der Waals surface area contributed by atoms with Crippen molar-refractivity contribution in [3.8, 4) is 11.8 Å². The molecule has 1 heterocycles. The van der Waals surface area contributed by atoms with Crippen LogP contribution < -0.4 is 9.64 Å². The molecule has 0 unspecified atom stereocenters. The molecule has 126 valence electrons. The molecule has 4 nitrogen and oxygen atoms in total. The van der Waals surface area contributed by atoms with Crippen LogP contribution in [0.15, 0.2) is 72.1 Å². The summed E-state index contributed by atoms with van der Waals surface area (Å²) in [7, 11) is 4.00. The second-order valence-corrected chi connectivity index (χ2v) is 5.95. The largest absolute Gasteiger partial charge is 0.457 e. The molecule has 1 aliphatic rings. The first-order valence-corrected chi connectivity index (χ1v) is 8.08. The van der Waals surface area contributed by atoms with Crippen LogP contribution in [0.25, 0.3) is 16.5 Å². The molecule has 0 bridgehead atoms. The lowest BCUT2D eigenvalue weighted by atomic mass is 9.99. The van der Waals surface area contributed by atoms with E-state index in [1.807, 2.05) is 85.7 Å². The standard InChI is InChI=1S/C22H17N3O/c1-24-21(15-23)20-14-18(26-22-7-5-4-6-19(20)22)13-10-16-8-11-17(12-9-16)25(2)3/h4-14H,2-3H3. The van der Waals surface area contributed by atoms with Gasteiger partial charge in [-0.2, -0.15) is 0 Å². The lowest BCUT2D eigenvalue weighted by molar-refractivity contribution is 0.439. The van der Waals surface area contributed by atoms with Crippen molar-refractivity contribution >= 4 is 17.3 Å². The summed E-state index contributed by atoms with van der Waals surface area (Å²) in [5.74, 6) is 1.23. The Balaban J connectivity index is 1.95. The van der Waals surface area contributed by atoms with Gasteiger partial charge in [-0.05, 0) is 35.9 Å². The van der Waals surface area contributed by atoms with Gasteiger partial charge in [0.15, 0.2) is 0 Å². The minimum absolute atomic E-state index is 0.0574. The molecule has 3 rings (SSSR count). The Morgan fingerprint density at radius 1 is 1.12 bits per heavy atom. The van der Waals surface area contributed by atoms with Gasteiger partial charge in [-0.25, -0.2) is 10.1 Å². The van der Waals surface area contributed by atoms with E-state index in [0.717, 1.165) is 16.8 Å². The van der Waals surface area contributed by atoms with E-state index >= 15 is 0 Å². The fourth-order valence-electron chi connectivity index (χ4n) is 2.64. The molecular weight excluding hydrogens is 322 g/mol. The molecule has 26 heavy (non-hydrogen) atoms. The van der Waals surface area contributed by atoms with Crippen molar-refractivity contribution in [3.05, 3.63) is 94.7 Å². The van der Waals surface area contributed by atoms with Crippen molar-refractivity contribution in [2.24, 2.45) is 0 Å². The number of rotatable bonds is 3. The van der Waals surface area contributed by atoms with E-state index in [1.165, 1.54) is 0 Å². The van der Waals surface area contributed by atoms with Crippen molar-refractivity contribution in [1.82, 2.24) is 0 Å². The molecule has 0 saturated carbocycles. The van der Waals surface area contributed by atoms with E-state index in [4.69, 9.17) is 11.3 Å². The van der Waals surface area contributed by atoms with Crippen molar-refractivity contribution in [1.29, 1.82) is 5.26 Å². The fourth-order valence-corrected chi connectivity index (χ4v) is 2.64. The van der Waals surface area contributed by atoms with Crippen LogP contribution in [-0.4, -0.2) is 14.1 Å². The Bertz CT molecular complexity index is 981. The van der Waals surface area contributed by atoms with Gasteiger partial charge in [0.1, 0.15) is 11.5 Å². The van der Waals surface area contributed by atoms with Gasteiger partial charge in [-0.3, -0.25) is 0 Å². The van der Waals surface area contributed by atoms with E-state index < -0.39 is 0 Å². The number of ether oxygens (including phenoxy) is 1. The Kier molecular flexibility index (Phi) is 4.87. The minimum Gasteiger partial charge on any atom is -0.457 e. The number of allylic oxidation sites excluding steroid dienone is 4. The maximum absolute atomic E-state index is 9.26. The van der Waals surface area contributed by atoms with Crippen LogP contribution in [0.5, 0.6) is 5.75 Å². The van der Waals surface area contributed by atoms with Gasteiger partial charge in [0.2, 0.25) is 0 Å². The summed E-state index contributed by atoms with van der Waals surface area (Å²) < 4.78 is 5.90. The van der Waals surface area contributed by atoms with E-state index in [1.54, 1.807) is 6.08 Å². The van der Waals surface area contributed by atoms with Crippen LogP contribution in [0.4, 0.5) is 5.69 Å². The summed E-state index contributed by atoms with van der Waals surface area (Å²) in [5.41, 5.74) is 3.57. The first kappa shape index (κ1) is 17.1. The summed E-state index contributed by atoms with van der Waals surface area (Å²) in [5, 5.41) is 9.26. The molecular formula is C22H17N3O. The fraction of sp³-hybridized carbons (Fsp3) is 0.0909. The van der Waals surface area contributed by atoms with E-state index in [2.05, 4.69) is 4.85 Å². The van der Waals surface area contributed by atoms with Gasteiger partial charge >= 0.3 is 0 Å². The minimum atomic E-state index is 0.0574. The predicted molar refractivity (Wildman–Crippen MR) is 104 cm³/mol. The molecule has 0 spiro atoms. The highest BCUT2D eigenvalue weighted by molar-refractivity contribution is 5.85. The Morgan fingerprint density at radius 2 is 1.85 bits per heavy atom. The van der Waals surface area contributed by atoms with E-state index in [0.29, 0.717) is 17.1 Å². The summed E-state index contributed by atoms with van der Waals surface area (Å²) >= 11 is 0. The zero-order valence-corrected chi connectivity index (χ0v) is 14.6. The number of benzene rings is 2. The molecule has 0 radical (unpaired) electrons. The van der Waals surface area contributed by atoms with Gasteiger partial charge < -0.3 is 9.64 Å². The predicted octanol–water partition coefficient (Wildman–Crippen LogP) is 4.90. The van der Waals surface area contributed by atoms with Crippen molar-refractivity contribution in [3.63, 3.8) is 0 Å². The normalized spacial score (nSPS) is 14.5. The monoisotopic (exact) mass is 339 g/mol. The lowest BCUT2D eigenvalue weighted by Crippen LogP contribution is -2.07. The zero-order valence-electron chi connectivity index (χ0n) is 14.6. The Morgan fingerprint density at radius 3 is 2.50 bits per heavy atom. The molecule has 0 aliphatic carbocycles. The second kappa shape index (κ2) is 7.42. The Hall–Kier alpha value is -3.76. The van der Waals surface area contributed by atoms with Crippen LogP contribution in [0.2, 0.25) is 0 Å². The molecule has 2 aromatic carbocycles. The zero-order chi connectivity index (χ0) is 18.5. The smallest absolute Gasteiger partial charge is 0.269 e. The summed E-state index contributed by atoms with van der Waals surface area (Å²) in [6, 6.07) is 17.5. The molecule has 1 aliphatic heterocycles. The van der Waals surface area contributed by atoms with Gasteiger partial charge in [0.05, 0.1) is 12.6 Å². The third-order valence-corrected chi connectivity index (χ3v) is 4.01.